The molecule has 3 aromatic rings. The Morgan fingerprint density at radius 2 is 2.17 bits per heavy atom. The average Bonchev–Trinajstić information content (AvgIpc) is 3.21. The lowest BCUT2D eigenvalue weighted by atomic mass is 10.2. The first-order valence-electron chi connectivity index (χ1n) is 8.15. The summed E-state index contributed by atoms with van der Waals surface area (Å²) >= 11 is 0. The summed E-state index contributed by atoms with van der Waals surface area (Å²) in [5.74, 6) is 0.766. The molecule has 1 fully saturated rings. The van der Waals surface area contributed by atoms with Crippen molar-refractivity contribution in [3.63, 3.8) is 0 Å². The Balaban J connectivity index is 1.72. The predicted molar refractivity (Wildman–Crippen MR) is 89.2 cm³/mol. The van der Waals surface area contributed by atoms with Crippen LogP contribution in [0.1, 0.15) is 12.8 Å². The summed E-state index contributed by atoms with van der Waals surface area (Å²) in [5, 5.41) is 0.954. The van der Waals surface area contributed by atoms with E-state index in [0.29, 0.717) is 5.52 Å². The lowest BCUT2D eigenvalue weighted by molar-refractivity contribution is -0.888. The number of benzene rings is 1. The fraction of sp³-hybridized carbons (Fsp3) is 0.412. The van der Waals surface area contributed by atoms with E-state index in [4.69, 9.17) is 4.74 Å². The van der Waals surface area contributed by atoms with Gasteiger partial charge in [-0.2, -0.15) is 0 Å². The van der Waals surface area contributed by atoms with Gasteiger partial charge in [0.2, 0.25) is 0 Å². The van der Waals surface area contributed by atoms with Gasteiger partial charge in [0.25, 0.3) is 5.56 Å². The Hall–Kier alpha value is -2.34. The maximum Gasteiger partial charge on any atom is 0.277 e. The van der Waals surface area contributed by atoms with Crippen molar-refractivity contribution >= 4 is 21.9 Å². The van der Waals surface area contributed by atoms with Crippen LogP contribution in [-0.2, 0) is 6.54 Å². The van der Waals surface area contributed by atoms with Crippen molar-refractivity contribution in [3.8, 4) is 5.75 Å². The highest BCUT2D eigenvalue weighted by Crippen LogP contribution is 2.25. The fourth-order valence-corrected chi connectivity index (χ4v) is 3.46. The molecule has 3 heterocycles. The number of methoxy groups -OCH3 is 1. The van der Waals surface area contributed by atoms with E-state index in [-0.39, 0.29) is 5.56 Å². The molecule has 0 atom stereocenters. The van der Waals surface area contributed by atoms with E-state index >= 15 is 0 Å². The van der Waals surface area contributed by atoms with Crippen LogP contribution >= 0.6 is 0 Å². The van der Waals surface area contributed by atoms with Crippen molar-refractivity contribution in [2.24, 2.45) is 0 Å². The zero-order valence-corrected chi connectivity index (χ0v) is 13.3. The molecule has 1 saturated heterocycles. The molecule has 4 rings (SSSR count). The largest absolute Gasteiger partial charge is 0.497 e. The Morgan fingerprint density at radius 3 is 2.96 bits per heavy atom. The second-order valence-corrected chi connectivity index (χ2v) is 6.21. The number of H-pyrrole nitrogens is 1. The minimum Gasteiger partial charge on any atom is -0.497 e. The van der Waals surface area contributed by atoms with Gasteiger partial charge in [0.05, 0.1) is 45.1 Å². The van der Waals surface area contributed by atoms with Crippen LogP contribution in [0.4, 0.5) is 0 Å². The first kappa shape index (κ1) is 14.3. The van der Waals surface area contributed by atoms with Crippen molar-refractivity contribution in [2.45, 2.75) is 19.4 Å². The zero-order valence-electron chi connectivity index (χ0n) is 13.3. The number of fused-ring (bicyclic) bond motifs is 3. The maximum absolute atomic E-state index is 12.7. The Morgan fingerprint density at radius 1 is 1.35 bits per heavy atom. The number of nitrogens with one attached hydrogen (secondary N) is 2. The highest BCUT2D eigenvalue weighted by molar-refractivity contribution is 6.04. The molecule has 2 aromatic heterocycles. The van der Waals surface area contributed by atoms with Gasteiger partial charge in [-0.15, -0.1) is 0 Å². The number of aromatic amines is 1. The number of hydrogen-bond donors (Lipinski definition) is 2. The molecule has 0 radical (unpaired) electrons. The third-order valence-electron chi connectivity index (χ3n) is 4.80. The first-order chi connectivity index (χ1) is 11.3. The number of quaternary nitrogens is 1. The van der Waals surface area contributed by atoms with Gasteiger partial charge < -0.3 is 14.6 Å². The minimum atomic E-state index is 0.00348. The molecular weight excluding hydrogens is 292 g/mol. The molecule has 1 aromatic carbocycles. The SMILES string of the molecule is COc1ccc2c(c1)[nH]c1c(=O)n(CC[NH+]3CCCC3)cnc12. The molecule has 0 spiro atoms. The van der Waals surface area contributed by atoms with Gasteiger partial charge in [-0.1, -0.05) is 0 Å². The maximum atomic E-state index is 12.7. The van der Waals surface area contributed by atoms with Crippen LogP contribution in [0, 0.1) is 0 Å². The number of aromatic nitrogens is 3. The lowest BCUT2D eigenvalue weighted by Crippen LogP contribution is -3.10. The Bertz CT molecular complexity index is 906. The van der Waals surface area contributed by atoms with Gasteiger partial charge in [0.15, 0.2) is 0 Å². The standard InChI is InChI=1S/C17H20N4O2/c1-23-12-4-5-13-14(10-12)19-16-15(13)18-11-21(17(16)22)9-8-20-6-2-3-7-20/h4-5,10-11,19H,2-3,6-9H2,1H3/p+1. The van der Waals surface area contributed by atoms with Crippen LogP contribution in [0.15, 0.2) is 29.3 Å². The van der Waals surface area contributed by atoms with Crippen LogP contribution in [0.2, 0.25) is 0 Å². The van der Waals surface area contributed by atoms with Crippen LogP contribution in [0.3, 0.4) is 0 Å². The molecule has 23 heavy (non-hydrogen) atoms. The van der Waals surface area contributed by atoms with Crippen LogP contribution in [-0.4, -0.2) is 41.3 Å². The molecule has 6 nitrogen and oxygen atoms in total. The number of likely N-dealkylation sites (tertiary alicyclic amines) is 1. The molecule has 1 aliphatic rings. The summed E-state index contributed by atoms with van der Waals surface area (Å²) in [5.41, 5.74) is 2.19. The molecular formula is C17H21N4O2+. The summed E-state index contributed by atoms with van der Waals surface area (Å²) < 4.78 is 6.96. The molecule has 6 heteroatoms. The highest BCUT2D eigenvalue weighted by atomic mass is 16.5. The van der Waals surface area contributed by atoms with Crippen molar-refractivity contribution < 1.29 is 9.64 Å². The first-order valence-corrected chi connectivity index (χ1v) is 8.15. The molecule has 0 bridgehead atoms. The normalized spacial score (nSPS) is 15.7. The van der Waals surface area contributed by atoms with Crippen LogP contribution in [0.25, 0.3) is 21.9 Å². The van der Waals surface area contributed by atoms with E-state index in [9.17, 15) is 4.79 Å². The summed E-state index contributed by atoms with van der Waals surface area (Å²) in [6, 6.07) is 5.73. The van der Waals surface area contributed by atoms with E-state index in [1.165, 1.54) is 25.9 Å². The van der Waals surface area contributed by atoms with Gasteiger partial charge in [0.1, 0.15) is 16.8 Å². The number of ether oxygens (including phenoxy) is 1. The lowest BCUT2D eigenvalue weighted by Gasteiger charge is -2.12. The summed E-state index contributed by atoms with van der Waals surface area (Å²) in [4.78, 5) is 22.0. The molecule has 2 N–H and O–H groups in total. The van der Waals surface area contributed by atoms with Gasteiger partial charge in [-0.05, 0) is 12.1 Å². The third-order valence-corrected chi connectivity index (χ3v) is 4.80. The Labute approximate surface area is 133 Å². The molecule has 0 saturated carbocycles. The van der Waals surface area contributed by atoms with Crippen molar-refractivity contribution in [1.29, 1.82) is 0 Å². The topological polar surface area (TPSA) is 64.3 Å². The van der Waals surface area contributed by atoms with Crippen molar-refractivity contribution in [2.75, 3.05) is 26.7 Å². The molecule has 1 aliphatic heterocycles. The zero-order chi connectivity index (χ0) is 15.8. The quantitative estimate of drug-likeness (QED) is 0.740. The van der Waals surface area contributed by atoms with E-state index in [2.05, 4.69) is 9.97 Å². The van der Waals surface area contributed by atoms with Gasteiger partial charge in [-0.3, -0.25) is 9.36 Å². The third kappa shape index (κ3) is 2.49. The van der Waals surface area contributed by atoms with E-state index in [1.54, 1.807) is 22.9 Å². The molecule has 0 amide bonds. The smallest absolute Gasteiger partial charge is 0.277 e. The summed E-state index contributed by atoms with van der Waals surface area (Å²) in [6.07, 6.45) is 4.27. The second kappa shape index (κ2) is 5.70. The van der Waals surface area contributed by atoms with E-state index in [1.807, 2.05) is 18.2 Å². The monoisotopic (exact) mass is 313 g/mol. The summed E-state index contributed by atoms with van der Waals surface area (Å²) in [6.45, 7) is 4.14. The predicted octanol–water partition coefficient (Wildman–Crippen LogP) is 0.565. The van der Waals surface area contributed by atoms with Crippen LogP contribution < -0.4 is 15.2 Å². The second-order valence-electron chi connectivity index (χ2n) is 6.21. The fourth-order valence-electron chi connectivity index (χ4n) is 3.46. The Kier molecular flexibility index (Phi) is 3.53. The molecule has 0 unspecified atom stereocenters. The van der Waals surface area contributed by atoms with E-state index < -0.39 is 0 Å². The minimum absolute atomic E-state index is 0.00348. The van der Waals surface area contributed by atoms with Gasteiger partial charge in [-0.25, -0.2) is 4.98 Å². The van der Waals surface area contributed by atoms with Gasteiger partial charge >= 0.3 is 0 Å². The summed E-state index contributed by atoms with van der Waals surface area (Å²) in [7, 11) is 1.63. The van der Waals surface area contributed by atoms with E-state index in [0.717, 1.165) is 35.3 Å². The number of rotatable bonds is 4. The number of nitrogens with zero attached hydrogens (tertiary/aromatic N) is 2. The molecule has 120 valence electrons. The van der Waals surface area contributed by atoms with Crippen molar-refractivity contribution in [1.82, 2.24) is 14.5 Å². The molecule has 0 aliphatic carbocycles. The number of hydrogen-bond acceptors (Lipinski definition) is 3. The van der Waals surface area contributed by atoms with Crippen LogP contribution in [0.5, 0.6) is 5.75 Å². The highest BCUT2D eigenvalue weighted by Gasteiger charge is 2.16. The average molecular weight is 313 g/mol. The van der Waals surface area contributed by atoms with Gasteiger partial charge in [0, 0.05) is 24.3 Å². The van der Waals surface area contributed by atoms with Crippen molar-refractivity contribution in [3.05, 3.63) is 34.9 Å².